The monoisotopic (exact) mass is 901 g/mol. The molecule has 5 rings (SSSR count). The molecule has 1 heterocycles. The van der Waals surface area contributed by atoms with Crippen LogP contribution < -0.4 is 99.2 Å². The number of phenolic OH excluding ortho intramolecular Hbond substituents is 1. The second-order valence-corrected chi connectivity index (χ2v) is 16.0. The summed E-state index contributed by atoms with van der Waals surface area (Å²) in [5.41, 5.74) is -0.524. The average molecular weight is 903 g/mol. The number of amides is 1. The van der Waals surface area contributed by atoms with E-state index in [-0.39, 0.29) is 160 Å². The Labute approximate surface area is 392 Å². The standard InChI is InChI=1S/C27H19Cl2N5O14S4.3Na/c28-25-26(29)31-19-9-13(1-6-18(19)30-25)27(36)32-20-12-17-14(11-22(20)51(40,41)42)10-21(49-48-47-37)23(24(17)35)34-33-15-2-4-16(5-3-15)50(38,39)8-7-46-52(43,44)45;;;/h1-6,9-12,35,37H,7-8H2,(H,32,36)(H,40,41,42)(H,43,44,45);;;/q;3*+1/p-3. The molecule has 0 saturated heterocycles. The SMILES string of the molecule is O=C(Nc1cc2c(O)c(N=Nc3ccc(S(=O)(=O)CCOS(=O)(=O)[O-])cc3)c(SOO[O-])cc2cc1S(=O)(=O)[O-])c1ccc2nc(Cl)c(Cl)nc2c1.[Na+].[Na+].[Na+]. The molecule has 0 fully saturated rings. The fourth-order valence-electron chi connectivity index (χ4n) is 4.43. The Morgan fingerprint density at radius 2 is 1.51 bits per heavy atom. The number of halogens is 2. The van der Waals surface area contributed by atoms with Gasteiger partial charge in [0.1, 0.15) is 15.8 Å². The van der Waals surface area contributed by atoms with Crippen LogP contribution in [-0.4, -0.2) is 67.7 Å². The minimum absolute atomic E-state index is 0. The molecule has 0 bridgehead atoms. The van der Waals surface area contributed by atoms with Gasteiger partial charge in [-0.15, -0.1) is 5.11 Å². The van der Waals surface area contributed by atoms with Gasteiger partial charge in [0.2, 0.25) is 10.4 Å². The summed E-state index contributed by atoms with van der Waals surface area (Å²) in [5, 5.41) is 34.9. The quantitative estimate of drug-likeness (QED) is 0.0212. The van der Waals surface area contributed by atoms with Gasteiger partial charge in [0.05, 0.1) is 61.5 Å². The van der Waals surface area contributed by atoms with Gasteiger partial charge in [-0.2, -0.15) is 9.45 Å². The number of anilines is 1. The fraction of sp³-hybridized carbons (Fsp3) is 0.0741. The van der Waals surface area contributed by atoms with E-state index in [9.17, 15) is 49.5 Å². The molecule has 0 unspecified atom stereocenters. The normalized spacial score (nSPS) is 11.9. The number of phenols is 1. The molecular formula is C27H16Cl2N5Na3O14S4. The van der Waals surface area contributed by atoms with Crippen molar-refractivity contribution in [3.05, 3.63) is 76.5 Å². The van der Waals surface area contributed by atoms with Crippen molar-refractivity contribution in [1.82, 2.24) is 9.97 Å². The van der Waals surface area contributed by atoms with Crippen LogP contribution in [0.2, 0.25) is 10.3 Å². The predicted octanol–water partition coefficient (Wildman–Crippen LogP) is -5.14. The van der Waals surface area contributed by atoms with E-state index in [2.05, 4.69) is 39.1 Å². The van der Waals surface area contributed by atoms with Crippen LogP contribution in [0.1, 0.15) is 10.4 Å². The first-order chi connectivity index (χ1) is 24.4. The molecule has 0 aliphatic rings. The molecule has 274 valence electrons. The molecule has 55 heavy (non-hydrogen) atoms. The van der Waals surface area contributed by atoms with Crippen molar-refractivity contribution in [2.45, 2.75) is 14.7 Å². The molecule has 5 aromatic rings. The Kier molecular flexibility index (Phi) is 18.9. The van der Waals surface area contributed by atoms with Crippen LogP contribution in [0.4, 0.5) is 17.1 Å². The molecule has 0 aliphatic heterocycles. The van der Waals surface area contributed by atoms with Crippen LogP contribution in [0, 0.1) is 0 Å². The average Bonchev–Trinajstić information content (AvgIpc) is 3.06. The minimum Gasteiger partial charge on any atom is -0.744 e. The Bertz CT molecular complexity index is 2610. The number of aromatic hydroxyl groups is 1. The molecule has 1 amide bonds. The molecule has 4 aromatic carbocycles. The summed E-state index contributed by atoms with van der Waals surface area (Å²) in [4.78, 5) is 19.9. The second kappa shape index (κ2) is 20.7. The first-order valence-electron chi connectivity index (χ1n) is 13.6. The summed E-state index contributed by atoms with van der Waals surface area (Å²) in [7, 11) is -14.5. The Morgan fingerprint density at radius 3 is 2.11 bits per heavy atom. The maximum absolute atomic E-state index is 13.2. The number of fused-ring (bicyclic) bond motifs is 2. The zero-order valence-electron chi connectivity index (χ0n) is 28.1. The number of carbonyl (C=O) groups is 1. The number of azo groups is 1. The smallest absolute Gasteiger partial charge is 0.744 e. The van der Waals surface area contributed by atoms with Crippen LogP contribution in [0.25, 0.3) is 21.8 Å². The Hall–Kier alpha value is -1.11. The van der Waals surface area contributed by atoms with Gasteiger partial charge in [0.15, 0.2) is 25.9 Å². The van der Waals surface area contributed by atoms with E-state index in [0.29, 0.717) is 0 Å². The van der Waals surface area contributed by atoms with Crippen LogP contribution >= 0.6 is 35.2 Å². The van der Waals surface area contributed by atoms with Gasteiger partial charge in [-0.05, 0) is 66.0 Å². The predicted molar refractivity (Wildman–Crippen MR) is 177 cm³/mol. The summed E-state index contributed by atoms with van der Waals surface area (Å²) in [6.07, 6.45) is 0. The van der Waals surface area contributed by atoms with Gasteiger partial charge in [0, 0.05) is 10.9 Å². The number of carbonyl (C=O) groups excluding carboxylic acids is 1. The maximum atomic E-state index is 13.2. The van der Waals surface area contributed by atoms with Gasteiger partial charge in [-0.3, -0.25) is 14.0 Å². The second-order valence-electron chi connectivity index (χ2n) is 10.0. The number of sulfone groups is 1. The van der Waals surface area contributed by atoms with Crippen LogP contribution in [0.5, 0.6) is 5.75 Å². The van der Waals surface area contributed by atoms with Crippen molar-refractivity contribution in [2.75, 3.05) is 17.7 Å². The van der Waals surface area contributed by atoms with Gasteiger partial charge >= 0.3 is 88.7 Å². The van der Waals surface area contributed by atoms with E-state index in [0.717, 1.165) is 30.3 Å². The molecule has 28 heteroatoms. The molecule has 0 atom stereocenters. The van der Waals surface area contributed by atoms with Gasteiger partial charge in [-0.25, -0.2) is 35.2 Å². The van der Waals surface area contributed by atoms with Crippen LogP contribution in [-0.2, 0) is 43.9 Å². The van der Waals surface area contributed by atoms with Crippen molar-refractivity contribution in [2.24, 2.45) is 10.2 Å². The van der Waals surface area contributed by atoms with E-state index in [4.69, 9.17) is 23.2 Å². The maximum Gasteiger partial charge on any atom is 1.00 e. The topological polar surface area (TPSA) is 299 Å². The number of aromatic nitrogens is 2. The number of nitrogens with one attached hydrogen (secondary N) is 1. The van der Waals surface area contributed by atoms with E-state index in [1.807, 2.05) is 0 Å². The van der Waals surface area contributed by atoms with Gasteiger partial charge < -0.3 is 24.8 Å². The van der Waals surface area contributed by atoms with Crippen molar-refractivity contribution in [1.29, 1.82) is 0 Å². The number of hydrogen-bond acceptors (Lipinski definition) is 19. The molecule has 0 spiro atoms. The third-order valence-corrected chi connectivity index (χ3v) is 11.0. The summed E-state index contributed by atoms with van der Waals surface area (Å²) >= 11 is 12.0. The van der Waals surface area contributed by atoms with E-state index in [1.165, 1.54) is 30.3 Å². The van der Waals surface area contributed by atoms with Gasteiger partial charge in [0.25, 0.3) is 5.91 Å². The molecule has 2 N–H and O–H groups in total. The van der Waals surface area contributed by atoms with Crippen LogP contribution in [0.15, 0.2) is 85.6 Å². The van der Waals surface area contributed by atoms with Crippen molar-refractivity contribution >= 4 is 110 Å². The summed E-state index contributed by atoms with van der Waals surface area (Å²) in [6, 6.07) is 11.5. The molecule has 0 saturated carbocycles. The first kappa shape index (κ1) is 50.0. The van der Waals surface area contributed by atoms with Crippen molar-refractivity contribution < 1.29 is 152 Å². The van der Waals surface area contributed by atoms with Crippen molar-refractivity contribution in [3.63, 3.8) is 0 Å². The fourth-order valence-corrected chi connectivity index (χ4v) is 7.32. The number of nitrogens with zero attached hydrogens (tertiary/aromatic N) is 4. The number of benzene rings is 4. The van der Waals surface area contributed by atoms with E-state index >= 15 is 0 Å². The van der Waals surface area contributed by atoms with E-state index < -0.39 is 65.0 Å². The summed E-state index contributed by atoms with van der Waals surface area (Å²) in [5.74, 6) is -2.44. The Morgan fingerprint density at radius 1 is 0.873 bits per heavy atom. The summed E-state index contributed by atoms with van der Waals surface area (Å²) < 4.78 is 102. The molecule has 0 aliphatic carbocycles. The minimum atomic E-state index is -5.27. The largest absolute Gasteiger partial charge is 1.00 e. The number of rotatable bonds is 13. The van der Waals surface area contributed by atoms with Crippen LogP contribution in [0.3, 0.4) is 0 Å². The molecule has 19 nitrogen and oxygen atoms in total. The third-order valence-electron chi connectivity index (χ3n) is 6.71. The summed E-state index contributed by atoms with van der Waals surface area (Å²) in [6.45, 7) is -0.913. The zero-order valence-corrected chi connectivity index (χ0v) is 38.9. The third kappa shape index (κ3) is 12.9. The number of hydrogen-bond donors (Lipinski definition) is 2. The molecular weight excluding hydrogens is 886 g/mol. The zero-order chi connectivity index (χ0) is 38.0. The van der Waals surface area contributed by atoms with E-state index in [1.54, 1.807) is 0 Å². The van der Waals surface area contributed by atoms with Crippen molar-refractivity contribution in [3.8, 4) is 5.75 Å². The Balaban J connectivity index is 0.00000348. The van der Waals surface area contributed by atoms with Gasteiger partial charge in [-0.1, -0.05) is 23.2 Å². The molecule has 0 radical (unpaired) electrons. The molecule has 1 aromatic heterocycles. The first-order valence-corrected chi connectivity index (χ1v) is 19.5.